The number of amides is 1. The molecule has 1 aliphatic rings. The molecule has 0 saturated heterocycles. The zero-order chi connectivity index (χ0) is 20.4. The molecule has 2 N–H and O–H groups in total. The quantitative estimate of drug-likeness (QED) is 0.671. The van der Waals surface area contributed by atoms with Gasteiger partial charge in [0.2, 0.25) is 0 Å². The van der Waals surface area contributed by atoms with Gasteiger partial charge in [0.15, 0.2) is 0 Å². The number of carbonyl (C=O) groups is 2. The summed E-state index contributed by atoms with van der Waals surface area (Å²) in [5, 5.41) is 15.9. The van der Waals surface area contributed by atoms with Crippen LogP contribution in [0, 0.1) is 0 Å². The van der Waals surface area contributed by atoms with Crippen molar-refractivity contribution in [1.82, 2.24) is 15.1 Å². The van der Waals surface area contributed by atoms with E-state index in [4.69, 9.17) is 9.84 Å². The van der Waals surface area contributed by atoms with Gasteiger partial charge in [0.1, 0.15) is 6.61 Å². The van der Waals surface area contributed by atoms with Gasteiger partial charge in [-0.1, -0.05) is 48.5 Å². The molecule has 1 aromatic heterocycles. The summed E-state index contributed by atoms with van der Waals surface area (Å²) < 4.78 is 7.07. The van der Waals surface area contributed by atoms with E-state index < -0.39 is 18.1 Å². The maximum atomic E-state index is 12.4. The molecule has 0 radical (unpaired) electrons. The minimum Gasteiger partial charge on any atom is -0.481 e. The van der Waals surface area contributed by atoms with Gasteiger partial charge in [0, 0.05) is 24.7 Å². The Morgan fingerprint density at radius 3 is 2.31 bits per heavy atom. The number of hydrogen-bond acceptors (Lipinski definition) is 4. The molecule has 2 aromatic carbocycles. The summed E-state index contributed by atoms with van der Waals surface area (Å²) in [5.41, 5.74) is 5.16. The van der Waals surface area contributed by atoms with E-state index in [2.05, 4.69) is 22.5 Å². The third-order valence-electron chi connectivity index (χ3n) is 5.14. The van der Waals surface area contributed by atoms with Crippen LogP contribution in [-0.4, -0.2) is 33.6 Å². The van der Waals surface area contributed by atoms with Crippen molar-refractivity contribution in [2.75, 3.05) is 6.61 Å². The lowest BCUT2D eigenvalue weighted by Crippen LogP contribution is -2.31. The number of hydrogen-bond donors (Lipinski definition) is 2. The molecular weight excluding hydrogens is 370 g/mol. The monoisotopic (exact) mass is 391 g/mol. The van der Waals surface area contributed by atoms with E-state index in [1.165, 1.54) is 6.20 Å². The average molecular weight is 391 g/mol. The molecule has 1 atom stereocenters. The molecule has 7 nitrogen and oxygen atoms in total. The molecule has 0 bridgehead atoms. The Morgan fingerprint density at radius 2 is 1.76 bits per heavy atom. The summed E-state index contributed by atoms with van der Waals surface area (Å²) >= 11 is 0. The smallest absolute Gasteiger partial charge is 0.407 e. The van der Waals surface area contributed by atoms with Crippen LogP contribution < -0.4 is 5.32 Å². The van der Waals surface area contributed by atoms with Gasteiger partial charge < -0.3 is 15.2 Å². The number of aryl methyl sites for hydroxylation is 1. The highest BCUT2D eigenvalue weighted by Gasteiger charge is 2.29. The fourth-order valence-corrected chi connectivity index (χ4v) is 3.83. The van der Waals surface area contributed by atoms with Gasteiger partial charge in [0.05, 0.1) is 18.7 Å². The van der Waals surface area contributed by atoms with E-state index in [-0.39, 0.29) is 18.9 Å². The Bertz CT molecular complexity index is 1010. The lowest BCUT2D eigenvalue weighted by molar-refractivity contribution is -0.137. The van der Waals surface area contributed by atoms with Crippen LogP contribution in [0.5, 0.6) is 0 Å². The highest BCUT2D eigenvalue weighted by atomic mass is 16.5. The predicted octanol–water partition coefficient (Wildman–Crippen LogP) is 3.47. The number of aliphatic carboxylic acids is 1. The first-order valence-corrected chi connectivity index (χ1v) is 9.35. The van der Waals surface area contributed by atoms with Crippen molar-refractivity contribution in [3.63, 3.8) is 0 Å². The first-order valence-electron chi connectivity index (χ1n) is 9.35. The fraction of sp³-hybridized carbons (Fsp3) is 0.227. The van der Waals surface area contributed by atoms with Crippen LogP contribution in [0.4, 0.5) is 4.79 Å². The number of carboxylic acids is 1. The van der Waals surface area contributed by atoms with E-state index in [9.17, 15) is 9.59 Å². The van der Waals surface area contributed by atoms with E-state index >= 15 is 0 Å². The summed E-state index contributed by atoms with van der Waals surface area (Å²) in [4.78, 5) is 23.6. The summed E-state index contributed by atoms with van der Waals surface area (Å²) in [7, 11) is 1.73. The van der Waals surface area contributed by atoms with Gasteiger partial charge in [-0.05, 0) is 22.3 Å². The average Bonchev–Trinajstić information content (AvgIpc) is 3.27. The number of rotatable bonds is 6. The molecule has 148 valence electrons. The van der Waals surface area contributed by atoms with Gasteiger partial charge in [-0.25, -0.2) is 4.79 Å². The molecule has 7 heteroatoms. The second-order valence-electron chi connectivity index (χ2n) is 7.07. The molecule has 0 saturated carbocycles. The maximum Gasteiger partial charge on any atom is 0.407 e. The van der Waals surface area contributed by atoms with E-state index in [0.717, 1.165) is 22.3 Å². The molecule has 0 fully saturated rings. The number of carbonyl (C=O) groups excluding carboxylic acids is 1. The topological polar surface area (TPSA) is 93.5 Å². The zero-order valence-corrected chi connectivity index (χ0v) is 15.9. The van der Waals surface area contributed by atoms with Crippen LogP contribution in [0.3, 0.4) is 0 Å². The number of carboxylic acid groups (broad SMARTS) is 1. The number of nitrogens with one attached hydrogen (secondary N) is 1. The largest absolute Gasteiger partial charge is 0.481 e. The Morgan fingerprint density at radius 1 is 1.14 bits per heavy atom. The van der Waals surface area contributed by atoms with Gasteiger partial charge in [-0.15, -0.1) is 0 Å². The van der Waals surface area contributed by atoms with Crippen LogP contribution in [0.15, 0.2) is 60.9 Å². The number of aromatic nitrogens is 2. The third kappa shape index (κ3) is 3.85. The molecule has 29 heavy (non-hydrogen) atoms. The SMILES string of the molecule is Cn1cc(C(CC(=O)O)NC(=O)OCC2c3ccccc3-c3ccccc32)cn1. The van der Waals surface area contributed by atoms with E-state index in [1.807, 2.05) is 36.4 Å². The number of alkyl carbamates (subject to hydrolysis) is 1. The van der Waals surface area contributed by atoms with Gasteiger partial charge in [0.25, 0.3) is 0 Å². The Kier molecular flexibility index (Phi) is 5.03. The third-order valence-corrected chi connectivity index (χ3v) is 5.14. The van der Waals surface area contributed by atoms with E-state index in [0.29, 0.717) is 5.56 Å². The van der Waals surface area contributed by atoms with Crippen LogP contribution in [0.1, 0.15) is 35.1 Å². The van der Waals surface area contributed by atoms with Crippen molar-refractivity contribution >= 4 is 12.1 Å². The predicted molar refractivity (Wildman–Crippen MR) is 106 cm³/mol. The number of fused-ring (bicyclic) bond motifs is 3. The van der Waals surface area contributed by atoms with Crippen molar-refractivity contribution in [1.29, 1.82) is 0 Å². The fourth-order valence-electron chi connectivity index (χ4n) is 3.83. The molecule has 0 spiro atoms. The maximum absolute atomic E-state index is 12.4. The molecule has 1 amide bonds. The first-order chi connectivity index (χ1) is 14.0. The standard InChI is InChI=1S/C22H21N3O4/c1-25-12-14(11-23-25)20(10-21(26)27)24-22(28)29-13-19-17-8-4-2-6-15(17)16-7-3-5-9-18(16)19/h2-9,11-12,19-20H,10,13H2,1H3,(H,24,28)(H,26,27). The minimum atomic E-state index is -1.02. The molecule has 1 aliphatic carbocycles. The summed E-state index contributed by atoms with van der Waals surface area (Å²) in [6.07, 6.45) is 2.31. The number of nitrogens with zero attached hydrogens (tertiary/aromatic N) is 2. The second kappa shape index (κ2) is 7.79. The van der Waals surface area contributed by atoms with Crippen LogP contribution in [0.2, 0.25) is 0 Å². The van der Waals surface area contributed by atoms with Crippen LogP contribution in [-0.2, 0) is 16.6 Å². The van der Waals surface area contributed by atoms with Crippen LogP contribution in [0.25, 0.3) is 11.1 Å². The van der Waals surface area contributed by atoms with Gasteiger partial charge in [-0.2, -0.15) is 5.10 Å². The molecule has 1 unspecified atom stereocenters. The Labute approximate surface area is 167 Å². The first kappa shape index (κ1) is 18.7. The van der Waals surface area contributed by atoms with Crippen molar-refractivity contribution < 1.29 is 19.4 Å². The van der Waals surface area contributed by atoms with Crippen molar-refractivity contribution in [3.05, 3.63) is 77.6 Å². The molecule has 0 aliphatic heterocycles. The number of ether oxygens (including phenoxy) is 1. The zero-order valence-electron chi connectivity index (χ0n) is 15.9. The van der Waals surface area contributed by atoms with Crippen molar-refractivity contribution in [2.24, 2.45) is 7.05 Å². The van der Waals surface area contributed by atoms with Crippen molar-refractivity contribution in [3.8, 4) is 11.1 Å². The highest BCUT2D eigenvalue weighted by molar-refractivity contribution is 5.79. The highest BCUT2D eigenvalue weighted by Crippen LogP contribution is 2.44. The molecule has 1 heterocycles. The summed E-state index contributed by atoms with van der Waals surface area (Å²) in [6, 6.07) is 15.5. The van der Waals surface area contributed by atoms with Crippen LogP contribution >= 0.6 is 0 Å². The Balaban J connectivity index is 1.47. The molecule has 3 aromatic rings. The summed E-state index contributed by atoms with van der Waals surface area (Å²) in [5.74, 6) is -1.07. The lowest BCUT2D eigenvalue weighted by atomic mass is 9.98. The normalized spacial score (nSPS) is 13.4. The number of benzene rings is 2. The van der Waals surface area contributed by atoms with Crippen molar-refractivity contribution in [2.45, 2.75) is 18.4 Å². The molecular formula is C22H21N3O4. The lowest BCUT2D eigenvalue weighted by Gasteiger charge is -2.18. The Hall–Kier alpha value is -3.61. The molecule has 4 rings (SSSR count). The van der Waals surface area contributed by atoms with Gasteiger partial charge in [-0.3, -0.25) is 9.48 Å². The minimum absolute atomic E-state index is 0.0514. The van der Waals surface area contributed by atoms with E-state index in [1.54, 1.807) is 17.9 Å². The summed E-state index contributed by atoms with van der Waals surface area (Å²) in [6.45, 7) is 0.173. The van der Waals surface area contributed by atoms with Gasteiger partial charge >= 0.3 is 12.1 Å². The second-order valence-corrected chi connectivity index (χ2v) is 7.07.